The van der Waals surface area contributed by atoms with Crippen molar-refractivity contribution >= 4 is 62.2 Å². The van der Waals surface area contributed by atoms with Crippen LogP contribution in [0.4, 0.5) is 10.5 Å². The predicted molar refractivity (Wildman–Crippen MR) is 112 cm³/mol. The fourth-order valence-electron chi connectivity index (χ4n) is 2.64. The van der Waals surface area contributed by atoms with Gasteiger partial charge in [-0.2, -0.15) is 0 Å². The number of furan rings is 1. The number of carbonyl (C=O) groups excluding carboxylic acids is 2. The molecule has 1 saturated heterocycles. The molecule has 4 rings (SSSR count). The third-order valence-corrected chi connectivity index (χ3v) is 5.50. The van der Waals surface area contributed by atoms with Crippen molar-refractivity contribution in [2.75, 3.05) is 4.90 Å². The van der Waals surface area contributed by atoms with Crippen LogP contribution >= 0.6 is 39.3 Å². The van der Waals surface area contributed by atoms with Crippen LogP contribution in [0.25, 0.3) is 17.4 Å². The maximum absolute atomic E-state index is 12.7. The lowest BCUT2D eigenvalue weighted by atomic mass is 10.2. The highest BCUT2D eigenvalue weighted by Crippen LogP contribution is 2.36. The minimum absolute atomic E-state index is 0.310. The van der Waals surface area contributed by atoms with Crippen LogP contribution in [0.3, 0.4) is 0 Å². The molecule has 0 bridgehead atoms. The molecule has 1 fully saturated rings. The van der Waals surface area contributed by atoms with Gasteiger partial charge in [0.25, 0.3) is 11.1 Å². The van der Waals surface area contributed by atoms with Gasteiger partial charge in [0.2, 0.25) is 0 Å². The number of hydrogen-bond acceptors (Lipinski definition) is 4. The van der Waals surface area contributed by atoms with E-state index >= 15 is 0 Å². The summed E-state index contributed by atoms with van der Waals surface area (Å²) in [7, 11) is 0. The topological polar surface area (TPSA) is 50.5 Å². The summed E-state index contributed by atoms with van der Waals surface area (Å²) in [5.41, 5.74) is 1.40. The van der Waals surface area contributed by atoms with E-state index in [1.807, 2.05) is 30.3 Å². The van der Waals surface area contributed by atoms with Crippen molar-refractivity contribution in [3.05, 3.63) is 80.8 Å². The van der Waals surface area contributed by atoms with Gasteiger partial charge in [0.05, 0.1) is 10.6 Å². The number of anilines is 1. The van der Waals surface area contributed by atoms with Gasteiger partial charge in [0.15, 0.2) is 0 Å². The van der Waals surface area contributed by atoms with E-state index < -0.39 is 0 Å². The van der Waals surface area contributed by atoms with Crippen LogP contribution in [0.5, 0.6) is 0 Å². The number of benzene rings is 2. The third kappa shape index (κ3) is 3.74. The van der Waals surface area contributed by atoms with E-state index in [4.69, 9.17) is 16.0 Å². The van der Waals surface area contributed by atoms with Crippen LogP contribution in [-0.2, 0) is 4.79 Å². The molecule has 134 valence electrons. The zero-order valence-corrected chi connectivity index (χ0v) is 16.8. The van der Waals surface area contributed by atoms with E-state index in [1.54, 1.807) is 36.4 Å². The van der Waals surface area contributed by atoms with Crippen molar-refractivity contribution < 1.29 is 14.0 Å². The molecule has 1 aliphatic rings. The SMILES string of the molecule is O=C1S/C(=C/c2ccc(-c3cccc(Br)c3)o2)C(=O)N1c1ccc(Cl)cc1. The van der Waals surface area contributed by atoms with E-state index in [0.717, 1.165) is 26.7 Å². The summed E-state index contributed by atoms with van der Waals surface area (Å²) in [6, 6.07) is 17.9. The maximum atomic E-state index is 12.7. The van der Waals surface area contributed by atoms with Crippen molar-refractivity contribution in [1.29, 1.82) is 0 Å². The van der Waals surface area contributed by atoms with Gasteiger partial charge < -0.3 is 4.42 Å². The van der Waals surface area contributed by atoms with Crippen LogP contribution in [0.2, 0.25) is 5.02 Å². The lowest BCUT2D eigenvalue weighted by molar-refractivity contribution is -0.113. The van der Waals surface area contributed by atoms with Gasteiger partial charge in [0.1, 0.15) is 11.5 Å². The molecule has 3 aromatic rings. The fraction of sp³-hybridized carbons (Fsp3) is 0. The summed E-state index contributed by atoms with van der Waals surface area (Å²) >= 11 is 10.2. The second kappa shape index (κ2) is 7.38. The highest BCUT2D eigenvalue weighted by atomic mass is 79.9. The Morgan fingerprint density at radius 1 is 1.04 bits per heavy atom. The van der Waals surface area contributed by atoms with E-state index in [2.05, 4.69) is 15.9 Å². The van der Waals surface area contributed by atoms with Gasteiger partial charge >= 0.3 is 0 Å². The number of halogens is 2. The van der Waals surface area contributed by atoms with Crippen molar-refractivity contribution in [3.8, 4) is 11.3 Å². The second-order valence-electron chi connectivity index (χ2n) is 5.71. The number of carbonyl (C=O) groups is 2. The number of thioether (sulfide) groups is 1. The van der Waals surface area contributed by atoms with Crippen molar-refractivity contribution in [2.45, 2.75) is 0 Å². The molecule has 2 heterocycles. The zero-order chi connectivity index (χ0) is 19.0. The fourth-order valence-corrected chi connectivity index (χ4v) is 3.98. The number of rotatable bonds is 3. The van der Waals surface area contributed by atoms with Crippen LogP contribution < -0.4 is 4.90 Å². The van der Waals surface area contributed by atoms with Crippen LogP contribution in [0.15, 0.2) is 74.5 Å². The van der Waals surface area contributed by atoms with Gasteiger partial charge in [0, 0.05) is 21.1 Å². The van der Waals surface area contributed by atoms with E-state index in [1.165, 1.54) is 0 Å². The van der Waals surface area contributed by atoms with Crippen molar-refractivity contribution in [3.63, 3.8) is 0 Å². The third-order valence-electron chi connectivity index (χ3n) is 3.89. The normalized spacial score (nSPS) is 15.8. The van der Waals surface area contributed by atoms with E-state index in [-0.39, 0.29) is 11.1 Å². The largest absolute Gasteiger partial charge is 0.457 e. The molecular formula is C20H11BrClNO3S. The molecule has 7 heteroatoms. The van der Waals surface area contributed by atoms with Gasteiger partial charge in [-0.25, -0.2) is 4.90 Å². The summed E-state index contributed by atoms with van der Waals surface area (Å²) in [5.74, 6) is 0.804. The van der Waals surface area contributed by atoms with Gasteiger partial charge in [-0.3, -0.25) is 9.59 Å². The molecule has 0 spiro atoms. The molecule has 4 nitrogen and oxygen atoms in total. The molecule has 2 amide bonds. The Bertz CT molecular complexity index is 1070. The first-order valence-electron chi connectivity index (χ1n) is 7.90. The summed E-state index contributed by atoms with van der Waals surface area (Å²) in [6.45, 7) is 0. The first-order valence-corrected chi connectivity index (χ1v) is 9.89. The first-order chi connectivity index (χ1) is 13.0. The van der Waals surface area contributed by atoms with E-state index in [0.29, 0.717) is 27.1 Å². The number of nitrogens with zero attached hydrogens (tertiary/aromatic N) is 1. The maximum Gasteiger partial charge on any atom is 0.298 e. The highest BCUT2D eigenvalue weighted by molar-refractivity contribution is 9.10. The summed E-state index contributed by atoms with van der Waals surface area (Å²) < 4.78 is 6.76. The Hall–Kier alpha value is -2.28. The Morgan fingerprint density at radius 3 is 2.56 bits per heavy atom. The van der Waals surface area contributed by atoms with Crippen LogP contribution in [0, 0.1) is 0 Å². The summed E-state index contributed by atoms with van der Waals surface area (Å²) in [5, 5.41) is 0.185. The second-order valence-corrected chi connectivity index (χ2v) is 8.05. The average Bonchev–Trinajstić information content (AvgIpc) is 3.21. The Kier molecular flexibility index (Phi) is 4.95. The van der Waals surface area contributed by atoms with Crippen LogP contribution in [0.1, 0.15) is 5.76 Å². The van der Waals surface area contributed by atoms with Gasteiger partial charge in [-0.05, 0) is 60.3 Å². The van der Waals surface area contributed by atoms with Gasteiger partial charge in [-0.1, -0.05) is 39.7 Å². The zero-order valence-electron chi connectivity index (χ0n) is 13.7. The molecule has 0 unspecified atom stereocenters. The Balaban J connectivity index is 1.61. The molecule has 0 radical (unpaired) electrons. The molecular weight excluding hydrogens is 450 g/mol. The van der Waals surface area contributed by atoms with Crippen LogP contribution in [-0.4, -0.2) is 11.1 Å². The van der Waals surface area contributed by atoms with Gasteiger partial charge in [-0.15, -0.1) is 0 Å². The molecule has 1 aliphatic heterocycles. The van der Waals surface area contributed by atoms with E-state index in [9.17, 15) is 9.59 Å². The minimum atomic E-state index is -0.382. The monoisotopic (exact) mass is 459 g/mol. The molecule has 0 aliphatic carbocycles. The molecule has 1 aromatic heterocycles. The smallest absolute Gasteiger partial charge is 0.298 e. The number of amides is 2. The Morgan fingerprint density at radius 2 is 1.81 bits per heavy atom. The molecule has 0 atom stereocenters. The van der Waals surface area contributed by atoms with Crippen molar-refractivity contribution in [1.82, 2.24) is 0 Å². The molecule has 0 saturated carbocycles. The number of imide groups is 1. The summed E-state index contributed by atoms with van der Waals surface area (Å²) in [4.78, 5) is 26.4. The highest BCUT2D eigenvalue weighted by Gasteiger charge is 2.36. The first kappa shape index (κ1) is 18.1. The average molecular weight is 461 g/mol. The summed E-state index contributed by atoms with van der Waals surface area (Å²) in [6.07, 6.45) is 1.59. The lowest BCUT2D eigenvalue weighted by Gasteiger charge is -2.11. The number of hydrogen-bond donors (Lipinski definition) is 0. The standard InChI is InChI=1S/C20H11BrClNO3S/c21-13-3-1-2-12(10-13)17-9-8-16(26-17)11-18-19(24)23(20(25)27-18)15-6-4-14(22)5-7-15/h1-11H/b18-11+. The molecule has 2 aromatic carbocycles. The Labute approximate surface area is 172 Å². The minimum Gasteiger partial charge on any atom is -0.457 e. The quantitative estimate of drug-likeness (QED) is 0.413. The molecule has 27 heavy (non-hydrogen) atoms. The van der Waals surface area contributed by atoms with Crippen molar-refractivity contribution in [2.24, 2.45) is 0 Å². The predicted octanol–water partition coefficient (Wildman–Crippen LogP) is 6.60. The molecule has 0 N–H and O–H groups in total. The lowest BCUT2D eigenvalue weighted by Crippen LogP contribution is -2.27.